The summed E-state index contributed by atoms with van der Waals surface area (Å²) < 4.78 is 7.89. The summed E-state index contributed by atoms with van der Waals surface area (Å²) >= 11 is 0. The van der Waals surface area contributed by atoms with Gasteiger partial charge in [-0.2, -0.15) is 14.6 Å². The molecule has 8 rings (SSSR count). The molecule has 3 fully saturated rings. The molecule has 9 atom stereocenters. The summed E-state index contributed by atoms with van der Waals surface area (Å²) in [5.41, 5.74) is 6.28. The molecule has 0 amide bonds. The van der Waals surface area contributed by atoms with Gasteiger partial charge in [-0.25, -0.2) is 4.98 Å². The Morgan fingerprint density at radius 3 is 2.49 bits per heavy atom. The number of esters is 1. The smallest absolute Gasteiger partial charge is 0.312 e. The minimum absolute atomic E-state index is 0.0522. The van der Waals surface area contributed by atoms with Crippen LogP contribution in [-0.4, -0.2) is 32.2 Å². The molecule has 0 radical (unpaired) electrons. The van der Waals surface area contributed by atoms with E-state index in [1.807, 2.05) is 11.4 Å². The van der Waals surface area contributed by atoms with Crippen LogP contribution in [0.15, 0.2) is 48.3 Å². The molecule has 0 aliphatic heterocycles. The highest BCUT2D eigenvalue weighted by Crippen LogP contribution is 2.75. The number of hydrogen-bond acceptors (Lipinski definition) is 5. The van der Waals surface area contributed by atoms with Gasteiger partial charge in [0, 0.05) is 16.5 Å². The minimum Gasteiger partial charge on any atom is -0.466 e. The predicted molar refractivity (Wildman–Crippen MR) is 186 cm³/mol. The molecule has 2 heterocycles. The van der Waals surface area contributed by atoms with Crippen LogP contribution in [-0.2, 0) is 21.4 Å². The number of hydrogen-bond donors (Lipinski definition) is 0. The summed E-state index contributed by atoms with van der Waals surface area (Å²) in [5, 5.41) is 4.72. The second-order valence-electron chi connectivity index (χ2n) is 17.5. The van der Waals surface area contributed by atoms with Crippen molar-refractivity contribution in [2.75, 3.05) is 6.61 Å². The second kappa shape index (κ2) is 10.2. The van der Waals surface area contributed by atoms with E-state index in [0.717, 1.165) is 44.2 Å². The first-order valence-electron chi connectivity index (χ1n) is 18.5. The van der Waals surface area contributed by atoms with Gasteiger partial charge in [-0.15, -0.1) is 0 Å². The molecular weight excluding hydrogens is 580 g/mol. The maximum absolute atomic E-state index is 13.9. The van der Waals surface area contributed by atoms with Crippen molar-refractivity contribution in [1.82, 2.24) is 19.6 Å². The Morgan fingerprint density at radius 2 is 1.74 bits per heavy atom. The van der Waals surface area contributed by atoms with Crippen molar-refractivity contribution in [3.8, 4) is 11.3 Å². The van der Waals surface area contributed by atoms with Crippen LogP contribution in [0.2, 0.25) is 0 Å². The zero-order valence-electron chi connectivity index (χ0n) is 29.9. The fourth-order valence-electron chi connectivity index (χ4n) is 12.9. The number of ether oxygens (including phenoxy) is 1. The maximum Gasteiger partial charge on any atom is 0.312 e. The van der Waals surface area contributed by atoms with Crippen LogP contribution in [0.1, 0.15) is 112 Å². The number of allylic oxidation sites excluding steroid dienone is 2. The van der Waals surface area contributed by atoms with Crippen LogP contribution in [0.25, 0.3) is 17.0 Å². The molecule has 5 aliphatic carbocycles. The van der Waals surface area contributed by atoms with Gasteiger partial charge in [0.25, 0.3) is 5.78 Å². The number of rotatable bonds is 3. The van der Waals surface area contributed by atoms with E-state index < -0.39 is 0 Å². The number of benzene rings is 1. The van der Waals surface area contributed by atoms with E-state index in [2.05, 4.69) is 89.9 Å². The van der Waals surface area contributed by atoms with Gasteiger partial charge in [0.1, 0.15) is 6.33 Å². The van der Waals surface area contributed by atoms with Gasteiger partial charge in [0.15, 0.2) is 0 Å². The fourth-order valence-corrected chi connectivity index (χ4v) is 12.9. The summed E-state index contributed by atoms with van der Waals surface area (Å²) in [6, 6.07) is 10.8. The third kappa shape index (κ3) is 3.90. The summed E-state index contributed by atoms with van der Waals surface area (Å²) in [6.07, 6.45) is 12.9. The van der Waals surface area contributed by atoms with Crippen molar-refractivity contribution in [3.63, 3.8) is 0 Å². The standard InChI is InChI=1S/C41H54N4O2/c1-9-47-35(46)41-20-17-25(2)26(3)32(41)29-15-16-31-38(6)23-28-33(27-13-11-10-12-14-27)45-36(42-24-43-45)44-34(28)37(4,5)30(38)18-19-40(31,8)39(29,7)21-22-41/h10-15,24-26,30-32H,9,16-23H2,1-8H3/t25-,26+,30?,31?,32?,38+,39-,40-,41+/m1/s1. The van der Waals surface area contributed by atoms with Gasteiger partial charge in [-0.1, -0.05) is 90.4 Å². The van der Waals surface area contributed by atoms with Gasteiger partial charge in [-0.05, 0) is 104 Å². The van der Waals surface area contributed by atoms with E-state index >= 15 is 0 Å². The number of carbonyl (C=O) groups excluding carboxylic acids is 1. The Morgan fingerprint density at radius 1 is 0.979 bits per heavy atom. The molecule has 3 unspecified atom stereocenters. The van der Waals surface area contributed by atoms with Crippen LogP contribution >= 0.6 is 0 Å². The molecule has 3 saturated carbocycles. The van der Waals surface area contributed by atoms with Crippen LogP contribution < -0.4 is 0 Å². The molecule has 6 nitrogen and oxygen atoms in total. The Kier molecular flexibility index (Phi) is 6.81. The normalized spacial score (nSPS) is 40.3. The summed E-state index contributed by atoms with van der Waals surface area (Å²) in [4.78, 5) is 23.8. The Hall–Kier alpha value is -3.02. The van der Waals surface area contributed by atoms with Crippen molar-refractivity contribution in [2.45, 2.75) is 112 Å². The largest absolute Gasteiger partial charge is 0.466 e. The topological polar surface area (TPSA) is 69.4 Å². The first-order chi connectivity index (χ1) is 22.3. The lowest BCUT2D eigenvalue weighted by atomic mass is 9.33. The van der Waals surface area contributed by atoms with E-state index in [4.69, 9.17) is 14.8 Å². The lowest BCUT2D eigenvalue weighted by Gasteiger charge is -2.71. The van der Waals surface area contributed by atoms with Crippen LogP contribution in [0, 0.1) is 51.2 Å². The molecule has 0 spiro atoms. The highest BCUT2D eigenvalue weighted by Gasteiger charge is 2.69. The second-order valence-corrected chi connectivity index (χ2v) is 17.5. The van der Waals surface area contributed by atoms with Crippen LogP contribution in [0.5, 0.6) is 0 Å². The quantitative estimate of drug-likeness (QED) is 0.212. The first-order valence-corrected chi connectivity index (χ1v) is 18.5. The van der Waals surface area contributed by atoms with E-state index in [1.165, 1.54) is 29.7 Å². The molecule has 6 heteroatoms. The SMILES string of the molecule is CCOC(=O)[C@]12CC[C@@H](C)[C@H](C)C1C1=CCC3[C@@]4(C)Cc5c(nc6ncnn6c5-c5ccccc5)C(C)(C)C4CC[C@@]3(C)[C@]1(C)CC2. The average Bonchev–Trinajstić information content (AvgIpc) is 3.51. The zero-order chi connectivity index (χ0) is 33.1. The Bertz CT molecular complexity index is 1780. The number of aromatic nitrogens is 4. The van der Waals surface area contributed by atoms with Crippen LogP contribution in [0.4, 0.5) is 0 Å². The molecule has 0 saturated heterocycles. The molecular formula is C41H54N4O2. The third-order valence-electron chi connectivity index (χ3n) is 15.5. The van der Waals surface area contributed by atoms with E-state index in [0.29, 0.717) is 36.1 Å². The predicted octanol–water partition coefficient (Wildman–Crippen LogP) is 9.03. The molecule has 0 N–H and O–H groups in total. The Balaban J connectivity index is 1.28. The number of fused-ring (bicyclic) bond motifs is 9. The summed E-state index contributed by atoms with van der Waals surface area (Å²) in [7, 11) is 0. The van der Waals surface area contributed by atoms with E-state index in [1.54, 1.807) is 11.9 Å². The highest BCUT2D eigenvalue weighted by atomic mass is 16.5. The molecule has 3 aromatic rings. The minimum atomic E-state index is -0.372. The zero-order valence-corrected chi connectivity index (χ0v) is 29.9. The maximum atomic E-state index is 13.9. The van der Waals surface area contributed by atoms with Gasteiger partial charge in [0.05, 0.1) is 23.4 Å². The van der Waals surface area contributed by atoms with Crippen molar-refractivity contribution >= 4 is 11.7 Å². The molecule has 1 aromatic carbocycles. The fraction of sp³-hybridized carbons (Fsp3) is 0.659. The van der Waals surface area contributed by atoms with Gasteiger partial charge in [-0.3, -0.25) is 4.79 Å². The third-order valence-corrected chi connectivity index (χ3v) is 15.5. The molecule has 250 valence electrons. The molecule has 47 heavy (non-hydrogen) atoms. The summed E-state index contributed by atoms with van der Waals surface area (Å²) in [6.45, 7) is 20.1. The van der Waals surface area contributed by atoms with Crippen molar-refractivity contribution in [1.29, 1.82) is 0 Å². The number of nitrogens with zero attached hydrogens (tertiary/aromatic N) is 4. The van der Waals surface area contributed by atoms with Gasteiger partial charge >= 0.3 is 5.97 Å². The molecule has 2 aromatic heterocycles. The molecule has 5 aliphatic rings. The lowest BCUT2D eigenvalue weighted by molar-refractivity contribution is -0.183. The monoisotopic (exact) mass is 634 g/mol. The van der Waals surface area contributed by atoms with Gasteiger partial charge < -0.3 is 4.74 Å². The van der Waals surface area contributed by atoms with Gasteiger partial charge in [0.2, 0.25) is 0 Å². The highest BCUT2D eigenvalue weighted by molar-refractivity contribution is 5.79. The van der Waals surface area contributed by atoms with Crippen molar-refractivity contribution in [3.05, 3.63) is 59.6 Å². The van der Waals surface area contributed by atoms with Crippen molar-refractivity contribution in [2.24, 2.45) is 51.2 Å². The summed E-state index contributed by atoms with van der Waals surface area (Å²) in [5.74, 6) is 3.15. The van der Waals surface area contributed by atoms with E-state index in [9.17, 15) is 4.79 Å². The first kappa shape index (κ1) is 31.3. The van der Waals surface area contributed by atoms with Crippen molar-refractivity contribution < 1.29 is 9.53 Å². The average molecular weight is 635 g/mol. The number of carbonyl (C=O) groups is 1. The molecule has 0 bridgehead atoms. The van der Waals surface area contributed by atoms with Crippen LogP contribution in [0.3, 0.4) is 0 Å². The Labute approximate surface area is 281 Å². The lowest BCUT2D eigenvalue weighted by Crippen LogP contribution is -2.65. The van der Waals surface area contributed by atoms with E-state index in [-0.39, 0.29) is 39.0 Å².